The molecule has 1 N–H and O–H groups in total. The number of benzene rings is 2. The van der Waals surface area contributed by atoms with Crippen LogP contribution in [0.2, 0.25) is 0 Å². The third-order valence-electron chi connectivity index (χ3n) is 7.64. The van der Waals surface area contributed by atoms with Gasteiger partial charge in [0.25, 0.3) is 11.5 Å². The summed E-state index contributed by atoms with van der Waals surface area (Å²) in [6, 6.07) is 9.29. The highest BCUT2D eigenvalue weighted by atomic mass is 16.5. The van der Waals surface area contributed by atoms with Gasteiger partial charge in [-0.2, -0.15) is 0 Å². The maximum atomic E-state index is 13.7. The smallest absolute Gasteiger partial charge is 0.338 e. The second-order valence-electron chi connectivity index (χ2n) is 9.77. The number of ether oxygens (including phenoxy) is 2. The lowest BCUT2D eigenvalue weighted by molar-refractivity contribution is 0.0592. The van der Waals surface area contributed by atoms with Crippen LogP contribution >= 0.6 is 0 Å². The molecule has 0 atom stereocenters. The number of nitrogens with one attached hydrogen (secondary N) is 1. The molecule has 1 saturated heterocycles. The van der Waals surface area contributed by atoms with Gasteiger partial charge in [0.2, 0.25) is 0 Å². The Morgan fingerprint density at radius 2 is 1.95 bits per heavy atom. The molecule has 2 aliphatic rings. The number of methoxy groups -OCH3 is 1. The van der Waals surface area contributed by atoms with Crippen molar-refractivity contribution >= 4 is 28.4 Å². The third-order valence-corrected chi connectivity index (χ3v) is 7.64. The Kier molecular flexibility index (Phi) is 5.79. The van der Waals surface area contributed by atoms with E-state index in [9.17, 15) is 14.4 Å². The van der Waals surface area contributed by atoms with Crippen molar-refractivity contribution in [3.8, 4) is 0 Å². The number of rotatable bonds is 3. The molecule has 0 radical (unpaired) electrons. The van der Waals surface area contributed by atoms with Gasteiger partial charge < -0.3 is 19.4 Å². The summed E-state index contributed by atoms with van der Waals surface area (Å²) in [5, 5.41) is 0. The average Bonchev–Trinajstić information content (AvgIpc) is 3.38. The van der Waals surface area contributed by atoms with E-state index in [0.29, 0.717) is 54.9 Å². The standard InChI is InChI=1S/C28H28N4O5/c1-16-12-23-22(30-26(33)24-14-29-25(32(23)24)18-7-10-37-11-8-18)13-20(16)27(34)31-9-6-17-4-3-5-19(21(17)15-31)28(35)36-2/h3-5,12-14,18H,6-11,15H2,1-2H3,(H,30,33). The van der Waals surface area contributed by atoms with Crippen molar-refractivity contribution in [3.05, 3.63) is 80.5 Å². The number of nitrogens with zero attached hydrogens (tertiary/aromatic N) is 3. The van der Waals surface area contributed by atoms with Crippen molar-refractivity contribution in [2.75, 3.05) is 26.9 Å². The molecular weight excluding hydrogens is 472 g/mol. The highest BCUT2D eigenvalue weighted by molar-refractivity contribution is 5.99. The molecule has 0 bridgehead atoms. The minimum Gasteiger partial charge on any atom is -0.465 e. The summed E-state index contributed by atoms with van der Waals surface area (Å²) in [6.45, 7) is 4.12. The topological polar surface area (TPSA) is 106 Å². The summed E-state index contributed by atoms with van der Waals surface area (Å²) in [6.07, 6.45) is 3.99. The van der Waals surface area contributed by atoms with E-state index in [0.717, 1.165) is 40.9 Å². The minimum absolute atomic E-state index is 0.138. The number of carbonyl (C=O) groups excluding carboxylic acids is 2. The van der Waals surface area contributed by atoms with Crippen LogP contribution in [0.15, 0.2) is 41.3 Å². The first-order valence-corrected chi connectivity index (χ1v) is 12.6. The Hall–Kier alpha value is -3.98. The monoisotopic (exact) mass is 500 g/mol. The molecule has 1 amide bonds. The summed E-state index contributed by atoms with van der Waals surface area (Å²) in [5.74, 6) is 0.521. The maximum Gasteiger partial charge on any atom is 0.338 e. The van der Waals surface area contributed by atoms with Gasteiger partial charge in [0.05, 0.1) is 29.9 Å². The molecule has 0 unspecified atom stereocenters. The molecule has 0 saturated carbocycles. The quantitative estimate of drug-likeness (QED) is 0.433. The largest absolute Gasteiger partial charge is 0.465 e. The highest BCUT2D eigenvalue weighted by Gasteiger charge is 2.28. The third kappa shape index (κ3) is 3.90. The molecule has 37 heavy (non-hydrogen) atoms. The first-order valence-electron chi connectivity index (χ1n) is 12.6. The molecule has 6 rings (SSSR count). The van der Waals surface area contributed by atoms with Crippen LogP contribution in [0.1, 0.15) is 62.0 Å². The van der Waals surface area contributed by atoms with Crippen molar-refractivity contribution in [3.63, 3.8) is 0 Å². The molecule has 2 aromatic carbocycles. The molecule has 2 aliphatic heterocycles. The molecule has 4 aromatic rings. The Morgan fingerprint density at radius 1 is 1.14 bits per heavy atom. The summed E-state index contributed by atoms with van der Waals surface area (Å²) in [7, 11) is 1.36. The number of amides is 1. The second kappa shape index (κ2) is 9.15. The predicted molar refractivity (Wildman–Crippen MR) is 137 cm³/mol. The zero-order chi connectivity index (χ0) is 25.7. The van der Waals surface area contributed by atoms with E-state index in [-0.39, 0.29) is 17.4 Å². The molecule has 1 fully saturated rings. The fourth-order valence-corrected chi connectivity index (χ4v) is 5.64. The fraction of sp³-hybridized carbons (Fsp3) is 0.357. The average molecular weight is 501 g/mol. The van der Waals surface area contributed by atoms with Gasteiger partial charge in [-0.05, 0) is 61.1 Å². The number of esters is 1. The molecule has 0 spiro atoms. The zero-order valence-corrected chi connectivity index (χ0v) is 20.9. The van der Waals surface area contributed by atoms with Gasteiger partial charge in [0, 0.05) is 37.8 Å². The number of carbonyl (C=O) groups is 2. The molecule has 9 nitrogen and oxygen atoms in total. The van der Waals surface area contributed by atoms with Crippen LogP contribution in [0.25, 0.3) is 16.6 Å². The summed E-state index contributed by atoms with van der Waals surface area (Å²) < 4.78 is 12.4. The number of aryl methyl sites for hydroxylation is 1. The van der Waals surface area contributed by atoms with Crippen LogP contribution in [-0.2, 0) is 22.4 Å². The van der Waals surface area contributed by atoms with Crippen LogP contribution in [0.3, 0.4) is 0 Å². The Labute approximate surface area is 213 Å². The van der Waals surface area contributed by atoms with Crippen LogP contribution in [0.4, 0.5) is 0 Å². The molecule has 0 aliphatic carbocycles. The van der Waals surface area contributed by atoms with Crippen molar-refractivity contribution < 1.29 is 19.1 Å². The number of fused-ring (bicyclic) bond motifs is 4. The van der Waals surface area contributed by atoms with Crippen molar-refractivity contribution in [2.45, 2.75) is 38.6 Å². The maximum absolute atomic E-state index is 13.7. The molecule has 190 valence electrons. The summed E-state index contributed by atoms with van der Waals surface area (Å²) in [4.78, 5) is 48.3. The highest BCUT2D eigenvalue weighted by Crippen LogP contribution is 2.30. The zero-order valence-electron chi connectivity index (χ0n) is 20.9. The predicted octanol–water partition coefficient (Wildman–Crippen LogP) is 3.36. The first-order chi connectivity index (χ1) is 18.0. The Morgan fingerprint density at radius 3 is 2.73 bits per heavy atom. The van der Waals surface area contributed by atoms with E-state index in [1.807, 2.05) is 29.5 Å². The molecule has 4 heterocycles. The van der Waals surface area contributed by atoms with E-state index < -0.39 is 5.97 Å². The van der Waals surface area contributed by atoms with Gasteiger partial charge in [0.1, 0.15) is 11.3 Å². The van der Waals surface area contributed by atoms with E-state index >= 15 is 0 Å². The van der Waals surface area contributed by atoms with Crippen molar-refractivity contribution in [1.82, 2.24) is 19.3 Å². The molecular formula is C28H28N4O5. The summed E-state index contributed by atoms with van der Waals surface area (Å²) in [5.41, 5.74) is 5.35. The number of imidazole rings is 1. The van der Waals surface area contributed by atoms with Gasteiger partial charge in [-0.1, -0.05) is 12.1 Å². The van der Waals surface area contributed by atoms with Crippen molar-refractivity contribution in [1.29, 1.82) is 0 Å². The molecule has 2 aromatic heterocycles. The first kappa shape index (κ1) is 23.4. The lowest BCUT2D eigenvalue weighted by atomic mass is 9.94. The van der Waals surface area contributed by atoms with Crippen LogP contribution in [-0.4, -0.2) is 58.0 Å². The van der Waals surface area contributed by atoms with Gasteiger partial charge >= 0.3 is 5.97 Å². The number of hydrogen-bond acceptors (Lipinski definition) is 6. The normalized spacial score (nSPS) is 16.2. The van der Waals surface area contributed by atoms with Crippen molar-refractivity contribution in [2.24, 2.45) is 0 Å². The van der Waals surface area contributed by atoms with E-state index in [1.54, 1.807) is 23.2 Å². The fourth-order valence-electron chi connectivity index (χ4n) is 5.64. The van der Waals surface area contributed by atoms with E-state index in [1.165, 1.54) is 7.11 Å². The molecule has 9 heteroatoms. The van der Waals surface area contributed by atoms with Gasteiger partial charge in [-0.3, -0.25) is 14.0 Å². The van der Waals surface area contributed by atoms with E-state index in [2.05, 4.69) is 9.97 Å². The number of aromatic amines is 1. The number of hydrogen-bond donors (Lipinski definition) is 1. The number of aromatic nitrogens is 3. The summed E-state index contributed by atoms with van der Waals surface area (Å²) >= 11 is 0. The number of H-pyrrole nitrogens is 1. The van der Waals surface area contributed by atoms with Gasteiger partial charge in [0.15, 0.2) is 0 Å². The van der Waals surface area contributed by atoms with Gasteiger partial charge in [-0.25, -0.2) is 9.78 Å². The lowest BCUT2D eigenvalue weighted by Gasteiger charge is -2.30. The lowest BCUT2D eigenvalue weighted by Crippen LogP contribution is -2.37. The van der Waals surface area contributed by atoms with Crippen LogP contribution < -0.4 is 5.56 Å². The second-order valence-corrected chi connectivity index (χ2v) is 9.77. The van der Waals surface area contributed by atoms with Crippen LogP contribution in [0, 0.1) is 6.92 Å². The Balaban J connectivity index is 1.40. The SMILES string of the molecule is COC(=O)c1cccc2c1CN(C(=O)c1cc3[nH]c(=O)c4cnc(C5CCOCC5)n4c3cc1C)CC2. The van der Waals surface area contributed by atoms with E-state index in [4.69, 9.17) is 9.47 Å². The minimum atomic E-state index is -0.407. The Bertz CT molecular complexity index is 1610. The van der Waals surface area contributed by atoms with Crippen LogP contribution in [0.5, 0.6) is 0 Å². The van der Waals surface area contributed by atoms with Gasteiger partial charge in [-0.15, -0.1) is 0 Å².